The molecule has 0 saturated heterocycles. The van der Waals surface area contributed by atoms with Gasteiger partial charge < -0.3 is 10.2 Å². The van der Waals surface area contributed by atoms with Crippen molar-refractivity contribution in [3.63, 3.8) is 0 Å². The summed E-state index contributed by atoms with van der Waals surface area (Å²) in [6.07, 6.45) is 2.38. The summed E-state index contributed by atoms with van der Waals surface area (Å²) in [5.74, 6) is 0. The third kappa shape index (κ3) is 3.83. The molecule has 4 heteroatoms. The Morgan fingerprint density at radius 2 is 1.82 bits per heavy atom. The number of nitrogens with zero attached hydrogens (tertiary/aromatic N) is 1. The summed E-state index contributed by atoms with van der Waals surface area (Å²) in [6, 6.07) is 0. The zero-order chi connectivity index (χ0) is 12.8. The highest BCUT2D eigenvalue weighted by atomic mass is 32.1. The predicted molar refractivity (Wildman–Crippen MR) is 80.7 cm³/mol. The molecule has 2 nitrogen and oxygen atoms in total. The van der Waals surface area contributed by atoms with Gasteiger partial charge >= 0.3 is 0 Å². The minimum atomic E-state index is 0.846. The monoisotopic (exact) mass is 270 g/mol. The maximum atomic E-state index is 5.20. The van der Waals surface area contributed by atoms with Gasteiger partial charge in [0.25, 0.3) is 0 Å². The van der Waals surface area contributed by atoms with Gasteiger partial charge in [-0.2, -0.15) is 0 Å². The van der Waals surface area contributed by atoms with Crippen LogP contribution in [0.5, 0.6) is 0 Å². The third-order valence-electron chi connectivity index (χ3n) is 3.09. The first-order chi connectivity index (χ1) is 8.11. The standard InChI is InChI=1S/C13H22N2S2/c1-4-8-15(5-2)9-6-7-14-11-10(3)12(16)13(11)17/h14H,4-9H2,1-3H3. The molecule has 1 aromatic rings. The third-order valence-corrected chi connectivity index (χ3v) is 4.14. The first-order valence-corrected chi connectivity index (χ1v) is 7.19. The SMILES string of the molecule is CCCN(CC)CCCNc1c(C)c(=S)c1=S. The van der Waals surface area contributed by atoms with E-state index in [9.17, 15) is 0 Å². The minimum Gasteiger partial charge on any atom is -0.384 e. The molecule has 96 valence electrons. The largest absolute Gasteiger partial charge is 0.384 e. The molecule has 0 aliphatic heterocycles. The molecule has 0 spiro atoms. The average Bonchev–Trinajstić information content (AvgIpc) is 2.36. The van der Waals surface area contributed by atoms with Crippen molar-refractivity contribution in [2.75, 3.05) is 31.5 Å². The normalized spacial score (nSPS) is 11.3. The second kappa shape index (κ2) is 7.19. The molecule has 0 bridgehead atoms. The van der Waals surface area contributed by atoms with Crippen LogP contribution >= 0.6 is 24.4 Å². The Morgan fingerprint density at radius 1 is 1.12 bits per heavy atom. The molecule has 1 N–H and O–H groups in total. The molecule has 0 heterocycles. The lowest BCUT2D eigenvalue weighted by Gasteiger charge is -2.20. The minimum absolute atomic E-state index is 0.846. The van der Waals surface area contributed by atoms with Crippen LogP contribution in [0, 0.1) is 15.9 Å². The summed E-state index contributed by atoms with van der Waals surface area (Å²) in [5, 5.41) is 3.39. The Bertz CT molecular complexity index is 419. The van der Waals surface area contributed by atoms with Crippen LogP contribution in [0.1, 0.15) is 32.3 Å². The van der Waals surface area contributed by atoms with Crippen molar-refractivity contribution in [1.82, 2.24) is 4.90 Å². The Hall–Kier alpha value is -0.320. The summed E-state index contributed by atoms with van der Waals surface area (Å²) in [5.41, 5.74) is 2.26. The highest BCUT2D eigenvalue weighted by molar-refractivity contribution is 7.74. The predicted octanol–water partition coefficient (Wildman–Crippen LogP) is 3.86. The topological polar surface area (TPSA) is 15.3 Å². The fraction of sp³-hybridized carbons (Fsp3) is 0.692. The van der Waals surface area contributed by atoms with Crippen molar-refractivity contribution in [1.29, 1.82) is 0 Å². The summed E-state index contributed by atoms with van der Waals surface area (Å²) >= 11 is 10.3. The van der Waals surface area contributed by atoms with Gasteiger partial charge in [0, 0.05) is 6.54 Å². The maximum absolute atomic E-state index is 5.20. The van der Waals surface area contributed by atoms with Crippen molar-refractivity contribution in [3.8, 4) is 0 Å². The van der Waals surface area contributed by atoms with Crippen molar-refractivity contribution in [2.45, 2.75) is 33.6 Å². The van der Waals surface area contributed by atoms with Crippen LogP contribution in [-0.2, 0) is 0 Å². The van der Waals surface area contributed by atoms with Gasteiger partial charge in [-0.3, -0.25) is 0 Å². The lowest BCUT2D eigenvalue weighted by molar-refractivity contribution is 0.288. The van der Waals surface area contributed by atoms with Gasteiger partial charge in [0.2, 0.25) is 0 Å². The van der Waals surface area contributed by atoms with Gasteiger partial charge in [0.1, 0.15) is 0 Å². The Balaban J connectivity index is 2.25. The van der Waals surface area contributed by atoms with E-state index in [4.69, 9.17) is 24.4 Å². The van der Waals surface area contributed by atoms with E-state index in [-0.39, 0.29) is 0 Å². The second-order valence-electron chi connectivity index (χ2n) is 4.37. The lowest BCUT2D eigenvalue weighted by Crippen LogP contribution is -2.26. The van der Waals surface area contributed by atoms with Crippen LogP contribution in [0.25, 0.3) is 0 Å². The fourth-order valence-electron chi connectivity index (χ4n) is 1.98. The molecular formula is C13H22N2S2. The van der Waals surface area contributed by atoms with Crippen LogP contribution in [0.4, 0.5) is 5.69 Å². The van der Waals surface area contributed by atoms with Crippen molar-refractivity contribution >= 4 is 30.1 Å². The Morgan fingerprint density at radius 3 is 2.35 bits per heavy atom. The van der Waals surface area contributed by atoms with Crippen LogP contribution in [-0.4, -0.2) is 31.1 Å². The summed E-state index contributed by atoms with van der Waals surface area (Å²) in [4.78, 5) is 2.48. The molecular weight excluding hydrogens is 248 g/mol. The molecule has 1 aromatic carbocycles. The number of nitrogens with one attached hydrogen (secondary N) is 1. The number of rotatable bonds is 8. The van der Waals surface area contributed by atoms with Gasteiger partial charge in [-0.1, -0.05) is 38.3 Å². The molecule has 0 saturated carbocycles. The zero-order valence-electron chi connectivity index (χ0n) is 11.0. The van der Waals surface area contributed by atoms with Crippen molar-refractivity contribution < 1.29 is 0 Å². The summed E-state index contributed by atoms with van der Waals surface area (Å²) in [6.45, 7) is 10.9. The summed E-state index contributed by atoms with van der Waals surface area (Å²) < 4.78 is 1.71. The molecule has 0 aliphatic carbocycles. The van der Waals surface area contributed by atoms with Crippen LogP contribution in [0.3, 0.4) is 0 Å². The highest BCUT2D eigenvalue weighted by Gasteiger charge is 2.09. The van der Waals surface area contributed by atoms with E-state index < -0.39 is 0 Å². The van der Waals surface area contributed by atoms with Crippen molar-refractivity contribution in [2.24, 2.45) is 0 Å². The average molecular weight is 270 g/mol. The van der Waals surface area contributed by atoms with Gasteiger partial charge in [0.15, 0.2) is 0 Å². The van der Waals surface area contributed by atoms with E-state index in [1.54, 1.807) is 0 Å². The molecule has 0 aromatic heterocycles. The Labute approximate surface area is 115 Å². The molecule has 0 aliphatic rings. The maximum Gasteiger partial charge on any atom is 0.0795 e. The highest BCUT2D eigenvalue weighted by Crippen LogP contribution is 2.24. The van der Waals surface area contributed by atoms with Gasteiger partial charge in [-0.15, -0.1) is 0 Å². The quantitative estimate of drug-likeness (QED) is 0.569. The van der Waals surface area contributed by atoms with E-state index >= 15 is 0 Å². The Kier molecular flexibility index (Phi) is 6.23. The van der Waals surface area contributed by atoms with Crippen LogP contribution in [0.15, 0.2) is 0 Å². The molecule has 0 unspecified atom stereocenters. The van der Waals surface area contributed by atoms with E-state index in [0.29, 0.717) is 0 Å². The van der Waals surface area contributed by atoms with Gasteiger partial charge in [-0.25, -0.2) is 0 Å². The van der Waals surface area contributed by atoms with E-state index in [0.717, 1.165) is 46.3 Å². The van der Waals surface area contributed by atoms with Gasteiger partial charge in [0.05, 0.1) is 14.7 Å². The van der Waals surface area contributed by atoms with E-state index in [2.05, 4.69) is 24.1 Å². The summed E-state index contributed by atoms with van der Waals surface area (Å²) in [7, 11) is 0. The van der Waals surface area contributed by atoms with Crippen LogP contribution in [0.2, 0.25) is 0 Å². The fourth-order valence-corrected chi connectivity index (χ4v) is 2.56. The van der Waals surface area contributed by atoms with Crippen LogP contribution < -0.4 is 5.32 Å². The molecule has 0 amide bonds. The molecule has 0 radical (unpaired) electrons. The van der Waals surface area contributed by atoms with Crippen molar-refractivity contribution in [3.05, 3.63) is 14.6 Å². The molecule has 1 rings (SSSR count). The second-order valence-corrected chi connectivity index (χ2v) is 5.19. The van der Waals surface area contributed by atoms with Gasteiger partial charge in [-0.05, 0) is 45.0 Å². The molecule has 17 heavy (non-hydrogen) atoms. The lowest BCUT2D eigenvalue weighted by atomic mass is 10.1. The molecule has 0 fully saturated rings. The molecule has 0 atom stereocenters. The number of hydrogen-bond donors (Lipinski definition) is 1. The first kappa shape index (κ1) is 14.7. The van der Waals surface area contributed by atoms with E-state index in [1.807, 2.05) is 6.92 Å². The van der Waals surface area contributed by atoms with E-state index in [1.165, 1.54) is 13.0 Å². The first-order valence-electron chi connectivity index (χ1n) is 6.37. The number of anilines is 1. The zero-order valence-corrected chi connectivity index (χ0v) is 12.6. The smallest absolute Gasteiger partial charge is 0.0795 e. The number of hydrogen-bond acceptors (Lipinski definition) is 4.